The lowest BCUT2D eigenvalue weighted by Crippen LogP contribution is -2.21. The van der Waals surface area contributed by atoms with Crippen LogP contribution in [0.4, 0.5) is 11.4 Å². The second-order valence-electron chi connectivity index (χ2n) is 5.98. The molecule has 2 aromatic carbocycles. The zero-order valence-electron chi connectivity index (χ0n) is 14.8. The second-order valence-corrected chi connectivity index (χ2v) is 5.98. The fraction of sp³-hybridized carbons (Fsp3) is 0.250. The average molecular weight is 354 g/mol. The van der Waals surface area contributed by atoms with Gasteiger partial charge in [0.1, 0.15) is 0 Å². The predicted molar refractivity (Wildman–Crippen MR) is 99.8 cm³/mol. The Kier molecular flexibility index (Phi) is 6.91. The lowest BCUT2D eigenvalue weighted by Gasteiger charge is -2.11. The van der Waals surface area contributed by atoms with Gasteiger partial charge < -0.3 is 15.4 Å². The van der Waals surface area contributed by atoms with Gasteiger partial charge in [-0.15, -0.1) is 0 Å². The average Bonchev–Trinajstić information content (AvgIpc) is 2.62. The highest BCUT2D eigenvalue weighted by Gasteiger charge is 2.13. The van der Waals surface area contributed by atoms with Crippen LogP contribution in [0, 0.1) is 0 Å². The van der Waals surface area contributed by atoms with Crippen molar-refractivity contribution in [3.05, 3.63) is 60.2 Å². The third kappa shape index (κ3) is 6.39. The molecular weight excluding hydrogens is 332 g/mol. The van der Waals surface area contributed by atoms with E-state index in [4.69, 9.17) is 4.74 Å². The predicted octanol–water partition coefficient (Wildman–Crippen LogP) is 3.32. The number of carbonyl (C=O) groups is 3. The number of rotatable bonds is 7. The highest BCUT2D eigenvalue weighted by atomic mass is 16.5. The van der Waals surface area contributed by atoms with Crippen LogP contribution in [0.25, 0.3) is 0 Å². The highest BCUT2D eigenvalue weighted by molar-refractivity contribution is 5.93. The van der Waals surface area contributed by atoms with E-state index in [2.05, 4.69) is 10.6 Å². The molecule has 0 aromatic heterocycles. The molecule has 0 bridgehead atoms. The molecule has 2 aromatic rings. The zero-order chi connectivity index (χ0) is 18.9. The first-order valence-corrected chi connectivity index (χ1v) is 8.32. The third-order valence-electron chi connectivity index (χ3n) is 3.69. The molecule has 2 rings (SSSR count). The summed E-state index contributed by atoms with van der Waals surface area (Å²) in [6.45, 7) is 3.02. The van der Waals surface area contributed by atoms with Gasteiger partial charge in [-0.3, -0.25) is 14.4 Å². The van der Waals surface area contributed by atoms with Crippen molar-refractivity contribution in [3.63, 3.8) is 0 Å². The minimum absolute atomic E-state index is 0.0214. The van der Waals surface area contributed by atoms with Crippen molar-refractivity contribution in [2.24, 2.45) is 0 Å². The van der Waals surface area contributed by atoms with E-state index in [1.165, 1.54) is 6.92 Å². The van der Waals surface area contributed by atoms with Crippen LogP contribution in [0.15, 0.2) is 54.6 Å². The van der Waals surface area contributed by atoms with E-state index >= 15 is 0 Å². The Morgan fingerprint density at radius 2 is 1.50 bits per heavy atom. The standard InChI is InChI=1S/C20H22N2O4/c1-14(16-6-4-3-5-7-16)12-20(25)26-13-19(24)22-18-10-8-17(9-11-18)21-15(2)23/h3-11,14H,12-13H2,1-2H3,(H,21,23)(H,22,24). The summed E-state index contributed by atoms with van der Waals surface area (Å²) >= 11 is 0. The second kappa shape index (κ2) is 9.36. The van der Waals surface area contributed by atoms with Crippen LogP contribution in [0.2, 0.25) is 0 Å². The monoisotopic (exact) mass is 354 g/mol. The molecule has 0 aliphatic carbocycles. The summed E-state index contributed by atoms with van der Waals surface area (Å²) in [6.07, 6.45) is 0.211. The van der Waals surface area contributed by atoms with Crippen LogP contribution < -0.4 is 10.6 Å². The summed E-state index contributed by atoms with van der Waals surface area (Å²) in [6, 6.07) is 16.3. The fourth-order valence-corrected chi connectivity index (χ4v) is 2.39. The van der Waals surface area contributed by atoms with E-state index in [0.717, 1.165) is 5.56 Å². The highest BCUT2D eigenvalue weighted by Crippen LogP contribution is 2.19. The van der Waals surface area contributed by atoms with Crippen molar-refractivity contribution in [2.45, 2.75) is 26.2 Å². The number of esters is 1. The molecule has 0 radical (unpaired) electrons. The molecule has 0 heterocycles. The molecule has 2 amide bonds. The maximum atomic E-state index is 11.9. The topological polar surface area (TPSA) is 84.5 Å². The number of nitrogens with one attached hydrogen (secondary N) is 2. The molecule has 0 spiro atoms. The van der Waals surface area contributed by atoms with Gasteiger partial charge in [0.2, 0.25) is 5.91 Å². The van der Waals surface area contributed by atoms with E-state index in [9.17, 15) is 14.4 Å². The number of anilines is 2. The van der Waals surface area contributed by atoms with Crippen LogP contribution in [0.5, 0.6) is 0 Å². The van der Waals surface area contributed by atoms with Gasteiger partial charge in [0.05, 0.1) is 6.42 Å². The number of ether oxygens (including phenoxy) is 1. The Morgan fingerprint density at radius 1 is 0.923 bits per heavy atom. The van der Waals surface area contributed by atoms with Crippen LogP contribution in [0.3, 0.4) is 0 Å². The van der Waals surface area contributed by atoms with Crippen LogP contribution in [-0.4, -0.2) is 24.4 Å². The maximum absolute atomic E-state index is 11.9. The first-order chi connectivity index (χ1) is 12.4. The van der Waals surface area contributed by atoms with E-state index < -0.39 is 11.9 Å². The summed E-state index contributed by atoms with van der Waals surface area (Å²) in [5, 5.41) is 5.27. The van der Waals surface area contributed by atoms with Crippen molar-refractivity contribution in [1.82, 2.24) is 0 Å². The summed E-state index contributed by atoms with van der Waals surface area (Å²) in [5.41, 5.74) is 2.24. The summed E-state index contributed by atoms with van der Waals surface area (Å²) < 4.78 is 5.04. The quantitative estimate of drug-likeness (QED) is 0.747. The van der Waals surface area contributed by atoms with Gasteiger partial charge in [-0.1, -0.05) is 37.3 Å². The van der Waals surface area contributed by atoms with Crippen LogP contribution >= 0.6 is 0 Å². The van der Waals surface area contributed by atoms with Crippen molar-refractivity contribution >= 4 is 29.2 Å². The molecule has 6 nitrogen and oxygen atoms in total. The summed E-state index contributed by atoms with van der Waals surface area (Å²) in [5.74, 6) is -0.984. The molecular formula is C20H22N2O4. The van der Waals surface area contributed by atoms with Crippen molar-refractivity contribution < 1.29 is 19.1 Å². The summed E-state index contributed by atoms with van der Waals surface area (Å²) in [7, 11) is 0. The molecule has 0 aliphatic rings. The van der Waals surface area contributed by atoms with E-state index in [1.54, 1.807) is 24.3 Å². The van der Waals surface area contributed by atoms with E-state index in [-0.39, 0.29) is 24.9 Å². The Morgan fingerprint density at radius 3 is 2.08 bits per heavy atom. The molecule has 1 atom stereocenters. The number of hydrogen-bond acceptors (Lipinski definition) is 4. The van der Waals surface area contributed by atoms with Crippen molar-refractivity contribution in [2.75, 3.05) is 17.2 Å². The maximum Gasteiger partial charge on any atom is 0.306 e. The van der Waals surface area contributed by atoms with Crippen LogP contribution in [0.1, 0.15) is 31.7 Å². The lowest BCUT2D eigenvalue weighted by molar-refractivity contribution is -0.147. The van der Waals surface area contributed by atoms with Crippen LogP contribution in [-0.2, 0) is 19.1 Å². The van der Waals surface area contributed by atoms with Gasteiger partial charge in [-0.2, -0.15) is 0 Å². The Hall–Kier alpha value is -3.15. The normalized spacial score (nSPS) is 11.3. The molecule has 136 valence electrons. The van der Waals surface area contributed by atoms with Gasteiger partial charge >= 0.3 is 5.97 Å². The van der Waals surface area contributed by atoms with Crippen molar-refractivity contribution in [1.29, 1.82) is 0 Å². The molecule has 1 unspecified atom stereocenters. The number of amides is 2. The number of hydrogen-bond donors (Lipinski definition) is 2. The first-order valence-electron chi connectivity index (χ1n) is 8.32. The zero-order valence-corrected chi connectivity index (χ0v) is 14.8. The number of carbonyl (C=O) groups excluding carboxylic acids is 3. The van der Waals surface area contributed by atoms with Gasteiger partial charge in [-0.25, -0.2) is 0 Å². The molecule has 0 saturated carbocycles. The van der Waals surface area contributed by atoms with Gasteiger partial charge in [-0.05, 0) is 35.7 Å². The van der Waals surface area contributed by atoms with E-state index in [0.29, 0.717) is 11.4 Å². The van der Waals surface area contributed by atoms with E-state index in [1.807, 2.05) is 37.3 Å². The molecule has 6 heteroatoms. The van der Waals surface area contributed by atoms with Gasteiger partial charge in [0.25, 0.3) is 5.91 Å². The SMILES string of the molecule is CC(=O)Nc1ccc(NC(=O)COC(=O)CC(C)c2ccccc2)cc1. The third-order valence-corrected chi connectivity index (χ3v) is 3.69. The minimum atomic E-state index is -0.419. The Bertz CT molecular complexity index is 757. The first kappa shape index (κ1) is 19.2. The van der Waals surface area contributed by atoms with Gasteiger partial charge in [0, 0.05) is 18.3 Å². The lowest BCUT2D eigenvalue weighted by atomic mass is 9.98. The molecule has 0 aliphatic heterocycles. The van der Waals surface area contributed by atoms with Gasteiger partial charge in [0.15, 0.2) is 6.61 Å². The smallest absolute Gasteiger partial charge is 0.306 e. The Labute approximate surface area is 152 Å². The van der Waals surface area contributed by atoms with Crippen molar-refractivity contribution in [3.8, 4) is 0 Å². The molecule has 0 saturated heterocycles. The Balaban J connectivity index is 1.75. The molecule has 0 fully saturated rings. The minimum Gasteiger partial charge on any atom is -0.456 e. The molecule has 2 N–H and O–H groups in total. The largest absolute Gasteiger partial charge is 0.456 e. The fourth-order valence-electron chi connectivity index (χ4n) is 2.39. The number of benzene rings is 2. The summed E-state index contributed by atoms with van der Waals surface area (Å²) in [4.78, 5) is 34.7. The molecule has 26 heavy (non-hydrogen) atoms.